The van der Waals surface area contributed by atoms with Gasteiger partial charge >= 0.3 is 6.08 Å². The molecular weight excluding hydrogens is 339 g/mol. The first-order chi connectivity index (χ1) is 10.5. The van der Waals surface area contributed by atoms with Crippen LogP contribution in [0.3, 0.4) is 0 Å². The topological polar surface area (TPSA) is 68.9 Å². The van der Waals surface area contributed by atoms with Crippen LogP contribution in [0.1, 0.15) is 31.1 Å². The lowest BCUT2D eigenvalue weighted by molar-refractivity contribution is 0.373. The molecule has 22 heavy (non-hydrogen) atoms. The third-order valence-corrected chi connectivity index (χ3v) is 5.65. The van der Waals surface area contributed by atoms with Gasteiger partial charge in [0.25, 0.3) is 0 Å². The van der Waals surface area contributed by atoms with Crippen LogP contribution in [0, 0.1) is 0 Å². The van der Waals surface area contributed by atoms with E-state index >= 15 is 0 Å². The quantitative estimate of drug-likeness (QED) is 0.796. The van der Waals surface area contributed by atoms with Crippen molar-refractivity contribution in [2.75, 3.05) is 5.75 Å². The minimum Gasteiger partial charge on any atom is -0.339 e. The van der Waals surface area contributed by atoms with Crippen LogP contribution in [0.4, 0.5) is 13.2 Å². The Morgan fingerprint density at radius 3 is 2.86 bits per heavy atom. The summed E-state index contributed by atoms with van der Waals surface area (Å²) in [5.74, 6) is -0.527. The Kier molecular flexibility index (Phi) is 4.39. The number of nitrogens with zero attached hydrogens (tertiary/aromatic N) is 3. The van der Waals surface area contributed by atoms with Crippen LogP contribution in [0.5, 0.6) is 0 Å². The van der Waals surface area contributed by atoms with E-state index in [1.54, 1.807) is 0 Å². The average Bonchev–Trinajstić information content (AvgIpc) is 3.04. The van der Waals surface area contributed by atoms with Gasteiger partial charge in [-0.3, -0.25) is 4.21 Å². The summed E-state index contributed by atoms with van der Waals surface area (Å²) < 4.78 is 53.8. The van der Waals surface area contributed by atoms with Gasteiger partial charge in [0, 0.05) is 18.1 Å². The van der Waals surface area contributed by atoms with E-state index < -0.39 is 29.1 Å². The molecule has 1 unspecified atom stereocenters. The lowest BCUT2D eigenvalue weighted by atomic mass is 10.4. The van der Waals surface area contributed by atoms with Gasteiger partial charge < -0.3 is 4.52 Å². The second-order valence-corrected chi connectivity index (χ2v) is 7.46. The summed E-state index contributed by atoms with van der Waals surface area (Å²) in [6.45, 7) is 0. The number of hydrogen-bond acceptors (Lipinski definition) is 6. The number of rotatable bonds is 6. The molecule has 1 aliphatic carbocycles. The normalized spacial score (nSPS) is 15.8. The van der Waals surface area contributed by atoms with Gasteiger partial charge in [0.1, 0.15) is 0 Å². The van der Waals surface area contributed by atoms with Crippen molar-refractivity contribution in [1.82, 2.24) is 15.1 Å². The summed E-state index contributed by atoms with van der Waals surface area (Å²) in [6.07, 6.45) is 0.545. The second kappa shape index (κ2) is 6.29. The summed E-state index contributed by atoms with van der Waals surface area (Å²) in [5.41, 5.74) is 0. The molecule has 0 N–H and O–H groups in total. The highest BCUT2D eigenvalue weighted by Gasteiger charge is 2.30. The van der Waals surface area contributed by atoms with E-state index in [-0.39, 0.29) is 10.1 Å². The fraction of sp³-hybridized carbons (Fsp3) is 0.417. The van der Waals surface area contributed by atoms with Crippen molar-refractivity contribution < 1.29 is 21.9 Å². The average molecular weight is 349 g/mol. The summed E-state index contributed by atoms with van der Waals surface area (Å²) in [7, 11) is -1.65. The smallest absolute Gasteiger partial charge is 0.301 e. The molecule has 2 aromatic heterocycles. The number of allylic oxidation sites excluding steroid dienone is 1. The van der Waals surface area contributed by atoms with Crippen LogP contribution >= 0.6 is 11.3 Å². The summed E-state index contributed by atoms with van der Waals surface area (Å²) >= 11 is 1.08. The molecule has 0 saturated heterocycles. The summed E-state index contributed by atoms with van der Waals surface area (Å²) in [6, 6.07) is 0. The van der Waals surface area contributed by atoms with Crippen molar-refractivity contribution in [3.05, 3.63) is 24.0 Å². The highest BCUT2D eigenvalue weighted by molar-refractivity contribution is 7.87. The molecule has 0 aliphatic heterocycles. The number of hydrogen-bond donors (Lipinski definition) is 0. The lowest BCUT2D eigenvalue weighted by Gasteiger charge is -1.96. The molecule has 1 atom stereocenters. The van der Waals surface area contributed by atoms with E-state index in [1.165, 1.54) is 6.20 Å². The van der Waals surface area contributed by atoms with Crippen LogP contribution in [-0.4, -0.2) is 25.1 Å². The highest BCUT2D eigenvalue weighted by Crippen LogP contribution is 2.40. The largest absolute Gasteiger partial charge is 0.339 e. The molecule has 0 spiro atoms. The monoisotopic (exact) mass is 349 g/mol. The zero-order valence-corrected chi connectivity index (χ0v) is 12.7. The van der Waals surface area contributed by atoms with Gasteiger partial charge in [-0.05, 0) is 12.8 Å². The molecule has 1 saturated carbocycles. The molecule has 10 heteroatoms. The van der Waals surface area contributed by atoms with E-state index in [2.05, 4.69) is 15.1 Å². The van der Waals surface area contributed by atoms with Crippen LogP contribution < -0.4 is 0 Å². The molecule has 0 radical (unpaired) electrons. The summed E-state index contributed by atoms with van der Waals surface area (Å²) in [5, 5.41) is 3.84. The van der Waals surface area contributed by atoms with E-state index in [1.807, 2.05) is 0 Å². The molecule has 0 aromatic carbocycles. The Morgan fingerprint density at radius 1 is 1.41 bits per heavy atom. The van der Waals surface area contributed by atoms with Gasteiger partial charge in [0.05, 0.1) is 21.9 Å². The highest BCUT2D eigenvalue weighted by atomic mass is 32.2. The van der Waals surface area contributed by atoms with Crippen molar-refractivity contribution in [3.8, 4) is 10.7 Å². The molecule has 1 aliphatic rings. The Bertz CT molecular complexity index is 736. The molecule has 118 valence electrons. The fourth-order valence-electron chi connectivity index (χ4n) is 1.66. The molecule has 5 nitrogen and oxygen atoms in total. The third kappa shape index (κ3) is 3.43. The Labute approximate surface area is 129 Å². The Hall–Kier alpha value is -1.55. The van der Waals surface area contributed by atoms with Crippen molar-refractivity contribution >= 4 is 22.1 Å². The Balaban J connectivity index is 1.67. The minimum atomic E-state index is -2.38. The van der Waals surface area contributed by atoms with Gasteiger partial charge in [0.2, 0.25) is 11.7 Å². The third-order valence-electron chi connectivity index (χ3n) is 2.98. The predicted molar refractivity (Wildman–Crippen MR) is 73.6 cm³/mol. The van der Waals surface area contributed by atoms with Crippen molar-refractivity contribution in [2.24, 2.45) is 0 Å². The van der Waals surface area contributed by atoms with E-state index in [0.717, 1.165) is 24.2 Å². The van der Waals surface area contributed by atoms with Gasteiger partial charge in [-0.15, -0.1) is 11.3 Å². The maximum absolute atomic E-state index is 12.7. The molecular formula is C12H10F3N3O2S2. The van der Waals surface area contributed by atoms with Crippen molar-refractivity contribution in [3.63, 3.8) is 0 Å². The van der Waals surface area contributed by atoms with E-state index in [0.29, 0.717) is 22.5 Å². The van der Waals surface area contributed by atoms with E-state index in [4.69, 9.17) is 4.52 Å². The molecule has 0 bridgehead atoms. The molecule has 2 heterocycles. The van der Waals surface area contributed by atoms with Gasteiger partial charge in [-0.2, -0.15) is 13.8 Å². The summed E-state index contributed by atoms with van der Waals surface area (Å²) in [4.78, 5) is 8.77. The molecule has 0 amide bonds. The second-order valence-electron chi connectivity index (χ2n) is 4.69. The number of halogens is 3. The first-order valence-electron chi connectivity index (χ1n) is 6.42. The van der Waals surface area contributed by atoms with Crippen LogP contribution in [0.25, 0.3) is 10.7 Å². The maximum Gasteiger partial charge on any atom is 0.301 e. The maximum atomic E-state index is 12.7. The predicted octanol–water partition coefficient (Wildman–Crippen LogP) is 3.65. The van der Waals surface area contributed by atoms with Crippen LogP contribution in [0.15, 0.2) is 27.0 Å². The standard InChI is InChI=1S/C12H10F3N3O2S2/c13-7(9(14)15)3-4-22(19)12-16-5-8(21-12)10-17-11(20-18-10)6-1-2-6/h5-6H,1-4H2. The zero-order chi connectivity index (χ0) is 15.7. The number of thiazole rings is 1. The van der Waals surface area contributed by atoms with Crippen LogP contribution in [-0.2, 0) is 10.8 Å². The molecule has 2 aromatic rings. The lowest BCUT2D eigenvalue weighted by Crippen LogP contribution is -1.98. The first-order valence-corrected chi connectivity index (χ1v) is 8.56. The van der Waals surface area contributed by atoms with Gasteiger partial charge in [-0.1, -0.05) is 5.16 Å². The number of aromatic nitrogens is 3. The molecule has 1 fully saturated rings. The molecule has 3 rings (SSSR count). The van der Waals surface area contributed by atoms with Gasteiger partial charge in [-0.25, -0.2) is 9.37 Å². The Morgan fingerprint density at radius 2 is 2.18 bits per heavy atom. The zero-order valence-electron chi connectivity index (χ0n) is 11.1. The van der Waals surface area contributed by atoms with Gasteiger partial charge in [0.15, 0.2) is 10.2 Å². The van der Waals surface area contributed by atoms with Crippen LogP contribution in [0.2, 0.25) is 0 Å². The van der Waals surface area contributed by atoms with Crippen molar-refractivity contribution in [1.29, 1.82) is 0 Å². The van der Waals surface area contributed by atoms with Crippen molar-refractivity contribution in [2.45, 2.75) is 29.5 Å². The first kappa shape index (κ1) is 15.3. The fourth-order valence-corrected chi connectivity index (χ4v) is 3.84. The van der Waals surface area contributed by atoms with E-state index in [9.17, 15) is 17.4 Å². The SMILES string of the molecule is O=S(CCC(F)=C(F)F)c1ncc(-c2noc(C3CC3)n2)s1. The minimum absolute atomic E-state index is 0.222.